The molecule has 1 rings (SSSR count). The summed E-state index contributed by atoms with van der Waals surface area (Å²) in [5.41, 5.74) is 0. The van der Waals surface area contributed by atoms with E-state index in [2.05, 4.69) is 26.1 Å². The Morgan fingerprint density at radius 1 is 1.27 bits per heavy atom. The number of hydrogen-bond donors (Lipinski definition) is 2. The maximum atomic E-state index is 9.07. The van der Waals surface area contributed by atoms with Crippen molar-refractivity contribution < 1.29 is 9.84 Å². The van der Waals surface area contributed by atoms with Crippen molar-refractivity contribution in [2.75, 3.05) is 19.8 Å². The van der Waals surface area contributed by atoms with Gasteiger partial charge in [0.1, 0.15) is 0 Å². The van der Waals surface area contributed by atoms with E-state index in [1.165, 1.54) is 0 Å². The molecule has 1 aliphatic heterocycles. The molecule has 0 spiro atoms. The molecule has 3 atom stereocenters. The molecule has 0 radical (unpaired) electrons. The molecule has 15 heavy (non-hydrogen) atoms. The summed E-state index contributed by atoms with van der Waals surface area (Å²) in [5, 5.41) is 12.7. The topological polar surface area (TPSA) is 41.5 Å². The first kappa shape index (κ1) is 12.9. The number of aliphatic hydroxyl groups is 1. The molecule has 0 amide bonds. The SMILES string of the molecule is CC(CO)C(C)NC(C)C1CCOCC1. The molecule has 3 heteroatoms. The fourth-order valence-electron chi connectivity index (χ4n) is 2.09. The van der Waals surface area contributed by atoms with E-state index in [9.17, 15) is 0 Å². The van der Waals surface area contributed by atoms with Gasteiger partial charge in [0.25, 0.3) is 0 Å². The van der Waals surface area contributed by atoms with Crippen LogP contribution in [0.15, 0.2) is 0 Å². The average Bonchev–Trinajstić information content (AvgIpc) is 2.29. The molecule has 0 saturated carbocycles. The first-order valence-corrected chi connectivity index (χ1v) is 6.09. The predicted molar refractivity (Wildman–Crippen MR) is 61.9 cm³/mol. The van der Waals surface area contributed by atoms with Crippen LogP contribution in [0, 0.1) is 11.8 Å². The van der Waals surface area contributed by atoms with Crippen molar-refractivity contribution in [1.82, 2.24) is 5.32 Å². The van der Waals surface area contributed by atoms with Crippen molar-refractivity contribution in [3.05, 3.63) is 0 Å². The van der Waals surface area contributed by atoms with Gasteiger partial charge in [-0.1, -0.05) is 6.92 Å². The van der Waals surface area contributed by atoms with Crippen LogP contribution in [-0.4, -0.2) is 37.0 Å². The van der Waals surface area contributed by atoms with Gasteiger partial charge in [0.05, 0.1) is 0 Å². The van der Waals surface area contributed by atoms with Gasteiger partial charge in [0.15, 0.2) is 0 Å². The lowest BCUT2D eigenvalue weighted by atomic mass is 9.91. The van der Waals surface area contributed by atoms with Crippen LogP contribution in [0.5, 0.6) is 0 Å². The highest BCUT2D eigenvalue weighted by atomic mass is 16.5. The van der Waals surface area contributed by atoms with E-state index in [-0.39, 0.29) is 6.61 Å². The second-order valence-corrected chi connectivity index (χ2v) is 4.85. The van der Waals surface area contributed by atoms with Gasteiger partial charge >= 0.3 is 0 Å². The number of nitrogens with one attached hydrogen (secondary N) is 1. The van der Waals surface area contributed by atoms with Crippen molar-refractivity contribution in [3.8, 4) is 0 Å². The van der Waals surface area contributed by atoms with Crippen molar-refractivity contribution in [1.29, 1.82) is 0 Å². The van der Waals surface area contributed by atoms with E-state index in [1.54, 1.807) is 0 Å². The first-order valence-electron chi connectivity index (χ1n) is 6.09. The van der Waals surface area contributed by atoms with Crippen molar-refractivity contribution in [2.45, 2.75) is 45.7 Å². The molecule has 2 N–H and O–H groups in total. The lowest BCUT2D eigenvalue weighted by Gasteiger charge is -2.32. The minimum atomic E-state index is 0.259. The minimum absolute atomic E-state index is 0.259. The standard InChI is InChI=1S/C12H25NO2/c1-9(8-14)10(2)13-11(3)12-4-6-15-7-5-12/h9-14H,4-8H2,1-3H3. The van der Waals surface area contributed by atoms with Crippen molar-refractivity contribution in [3.63, 3.8) is 0 Å². The Morgan fingerprint density at radius 3 is 2.40 bits per heavy atom. The quantitative estimate of drug-likeness (QED) is 0.728. The Kier molecular flexibility index (Phi) is 5.58. The zero-order valence-electron chi connectivity index (χ0n) is 10.2. The third-order valence-corrected chi connectivity index (χ3v) is 3.64. The highest BCUT2D eigenvalue weighted by molar-refractivity contribution is 4.79. The molecule has 0 aromatic heterocycles. The van der Waals surface area contributed by atoms with E-state index in [4.69, 9.17) is 9.84 Å². The van der Waals surface area contributed by atoms with E-state index < -0.39 is 0 Å². The summed E-state index contributed by atoms with van der Waals surface area (Å²) < 4.78 is 5.36. The van der Waals surface area contributed by atoms with Gasteiger partial charge in [-0.05, 0) is 38.5 Å². The largest absolute Gasteiger partial charge is 0.396 e. The third kappa shape index (κ3) is 4.09. The predicted octanol–water partition coefficient (Wildman–Crippen LogP) is 1.41. The molecule has 0 aromatic rings. The van der Waals surface area contributed by atoms with Crippen LogP contribution in [0.4, 0.5) is 0 Å². The summed E-state index contributed by atoms with van der Waals surface area (Å²) in [6.45, 7) is 8.54. The summed E-state index contributed by atoms with van der Waals surface area (Å²) >= 11 is 0. The second-order valence-electron chi connectivity index (χ2n) is 4.85. The Balaban J connectivity index is 2.29. The smallest absolute Gasteiger partial charge is 0.0471 e. The Hall–Kier alpha value is -0.120. The van der Waals surface area contributed by atoms with E-state index in [0.29, 0.717) is 18.0 Å². The fraction of sp³-hybridized carbons (Fsp3) is 1.00. The number of rotatable bonds is 5. The monoisotopic (exact) mass is 215 g/mol. The van der Waals surface area contributed by atoms with E-state index in [1.807, 2.05) is 0 Å². The third-order valence-electron chi connectivity index (χ3n) is 3.64. The van der Waals surface area contributed by atoms with Crippen molar-refractivity contribution in [2.24, 2.45) is 11.8 Å². The molecule has 1 aliphatic rings. The molecular formula is C12H25NO2. The van der Waals surface area contributed by atoms with Gasteiger partial charge in [0, 0.05) is 31.9 Å². The maximum Gasteiger partial charge on any atom is 0.0471 e. The molecule has 3 nitrogen and oxygen atoms in total. The Morgan fingerprint density at radius 2 is 1.87 bits per heavy atom. The molecule has 3 unspecified atom stereocenters. The Labute approximate surface area is 93.2 Å². The van der Waals surface area contributed by atoms with Gasteiger partial charge in [-0.15, -0.1) is 0 Å². The fourth-order valence-corrected chi connectivity index (χ4v) is 2.09. The molecule has 90 valence electrons. The second kappa shape index (κ2) is 6.46. The van der Waals surface area contributed by atoms with E-state index >= 15 is 0 Å². The van der Waals surface area contributed by atoms with Gasteiger partial charge in [-0.2, -0.15) is 0 Å². The van der Waals surface area contributed by atoms with Crippen LogP contribution in [0.25, 0.3) is 0 Å². The highest BCUT2D eigenvalue weighted by Gasteiger charge is 2.22. The van der Waals surface area contributed by atoms with Crippen molar-refractivity contribution >= 4 is 0 Å². The number of ether oxygens (including phenoxy) is 1. The van der Waals surface area contributed by atoms with Gasteiger partial charge in [-0.3, -0.25) is 0 Å². The summed E-state index contributed by atoms with van der Waals surface area (Å²) in [7, 11) is 0. The lowest BCUT2D eigenvalue weighted by molar-refractivity contribution is 0.0528. The van der Waals surface area contributed by atoms with Crippen LogP contribution in [0.3, 0.4) is 0 Å². The number of hydrogen-bond acceptors (Lipinski definition) is 3. The normalized spacial score (nSPS) is 24.8. The van der Waals surface area contributed by atoms with E-state index in [0.717, 1.165) is 32.0 Å². The van der Waals surface area contributed by atoms with Crippen LogP contribution >= 0.6 is 0 Å². The lowest BCUT2D eigenvalue weighted by Crippen LogP contribution is -2.44. The molecule has 0 aliphatic carbocycles. The highest BCUT2D eigenvalue weighted by Crippen LogP contribution is 2.19. The van der Waals surface area contributed by atoms with Gasteiger partial charge in [0.2, 0.25) is 0 Å². The molecule has 0 aromatic carbocycles. The van der Waals surface area contributed by atoms with Crippen LogP contribution in [0.1, 0.15) is 33.6 Å². The van der Waals surface area contributed by atoms with Crippen LogP contribution < -0.4 is 5.32 Å². The summed E-state index contributed by atoms with van der Waals surface area (Å²) in [6.07, 6.45) is 2.32. The Bertz CT molecular complexity index is 169. The first-order chi connectivity index (χ1) is 7.15. The van der Waals surface area contributed by atoms with Crippen LogP contribution in [0.2, 0.25) is 0 Å². The minimum Gasteiger partial charge on any atom is -0.396 e. The summed E-state index contributed by atoms with van der Waals surface area (Å²) in [5.74, 6) is 1.05. The molecule has 1 saturated heterocycles. The maximum absolute atomic E-state index is 9.07. The summed E-state index contributed by atoms with van der Waals surface area (Å²) in [6, 6.07) is 0.908. The molecule has 1 fully saturated rings. The average molecular weight is 215 g/mol. The zero-order chi connectivity index (χ0) is 11.3. The van der Waals surface area contributed by atoms with Crippen LogP contribution in [-0.2, 0) is 4.74 Å². The zero-order valence-corrected chi connectivity index (χ0v) is 10.2. The summed E-state index contributed by atoms with van der Waals surface area (Å²) in [4.78, 5) is 0. The number of aliphatic hydroxyl groups excluding tert-OH is 1. The molecular weight excluding hydrogens is 190 g/mol. The molecule has 0 bridgehead atoms. The van der Waals surface area contributed by atoms with Gasteiger partial charge in [-0.25, -0.2) is 0 Å². The van der Waals surface area contributed by atoms with Gasteiger partial charge < -0.3 is 15.2 Å². The molecule has 1 heterocycles.